The summed E-state index contributed by atoms with van der Waals surface area (Å²) < 4.78 is 11.0. The molecule has 5 nitrogen and oxygen atoms in total. The SMILES string of the molecule is CCCCCCC[C@@H](O)CC(=O)O[C@H](CCCCCCC)CC(=O)OCc1ccccc1. The van der Waals surface area contributed by atoms with E-state index in [2.05, 4.69) is 13.8 Å². The highest BCUT2D eigenvalue weighted by atomic mass is 16.6. The average Bonchev–Trinajstić information content (AvgIpc) is 2.78. The topological polar surface area (TPSA) is 72.8 Å². The zero-order chi connectivity index (χ0) is 23.4. The number of aliphatic hydroxyl groups excluding tert-OH is 1. The number of aliphatic hydroxyl groups is 1. The maximum atomic E-state index is 12.4. The van der Waals surface area contributed by atoms with Crippen LogP contribution in [0.25, 0.3) is 0 Å². The predicted molar refractivity (Wildman–Crippen MR) is 128 cm³/mol. The molecule has 0 heterocycles. The Morgan fingerprint density at radius 2 is 1.38 bits per heavy atom. The summed E-state index contributed by atoms with van der Waals surface area (Å²) in [6, 6.07) is 9.53. The van der Waals surface area contributed by atoms with Gasteiger partial charge in [0.2, 0.25) is 0 Å². The van der Waals surface area contributed by atoms with E-state index in [1.54, 1.807) is 0 Å². The smallest absolute Gasteiger partial charge is 0.309 e. The standard InChI is InChI=1S/C27H44O5/c1-3-5-7-9-14-18-24(28)20-27(30)32-25(19-15-10-8-6-4-2)21-26(29)31-22-23-16-12-11-13-17-23/h11-13,16-17,24-25,28H,3-10,14-15,18-22H2,1-2H3/t24-,25-/m1/s1. The van der Waals surface area contributed by atoms with Gasteiger partial charge in [-0.15, -0.1) is 0 Å². The minimum Gasteiger partial charge on any atom is -0.462 e. The van der Waals surface area contributed by atoms with Gasteiger partial charge in [0.15, 0.2) is 0 Å². The second kappa shape index (κ2) is 18.7. The summed E-state index contributed by atoms with van der Waals surface area (Å²) in [5.74, 6) is -0.794. The molecule has 0 saturated carbocycles. The van der Waals surface area contributed by atoms with Gasteiger partial charge in [0.05, 0.1) is 18.9 Å². The summed E-state index contributed by atoms with van der Waals surface area (Å²) in [6.45, 7) is 4.55. The predicted octanol–water partition coefficient (Wildman–Crippen LogP) is 6.50. The number of unbranched alkanes of at least 4 members (excludes halogenated alkanes) is 8. The molecule has 0 aliphatic heterocycles. The third kappa shape index (κ3) is 15.0. The Kier molecular flexibility index (Phi) is 16.4. The van der Waals surface area contributed by atoms with Gasteiger partial charge in [-0.05, 0) is 24.8 Å². The molecule has 0 aromatic heterocycles. The number of hydrogen-bond donors (Lipinski definition) is 1. The molecule has 0 spiro atoms. The minimum atomic E-state index is -0.681. The quantitative estimate of drug-likeness (QED) is 0.193. The molecule has 0 amide bonds. The monoisotopic (exact) mass is 448 g/mol. The largest absolute Gasteiger partial charge is 0.462 e. The second-order valence-corrected chi connectivity index (χ2v) is 8.73. The molecule has 2 atom stereocenters. The van der Waals surface area contributed by atoms with Crippen molar-refractivity contribution < 1.29 is 24.2 Å². The van der Waals surface area contributed by atoms with Gasteiger partial charge < -0.3 is 14.6 Å². The van der Waals surface area contributed by atoms with E-state index in [-0.39, 0.29) is 25.4 Å². The molecule has 182 valence electrons. The molecule has 1 N–H and O–H groups in total. The van der Waals surface area contributed by atoms with Gasteiger partial charge in [0, 0.05) is 0 Å². The molecule has 0 aliphatic rings. The van der Waals surface area contributed by atoms with Crippen molar-refractivity contribution in [2.45, 2.75) is 123 Å². The normalized spacial score (nSPS) is 12.8. The molecule has 32 heavy (non-hydrogen) atoms. The van der Waals surface area contributed by atoms with Crippen LogP contribution in [0.1, 0.15) is 109 Å². The van der Waals surface area contributed by atoms with Crippen LogP contribution in [0, 0.1) is 0 Å². The van der Waals surface area contributed by atoms with Crippen molar-refractivity contribution in [3.63, 3.8) is 0 Å². The summed E-state index contributed by atoms with van der Waals surface area (Å²) >= 11 is 0. The minimum absolute atomic E-state index is 0.0147. The fourth-order valence-corrected chi connectivity index (χ4v) is 3.67. The van der Waals surface area contributed by atoms with Gasteiger partial charge >= 0.3 is 11.9 Å². The molecule has 1 aromatic carbocycles. The third-order valence-electron chi connectivity index (χ3n) is 5.61. The van der Waals surface area contributed by atoms with Gasteiger partial charge in [-0.3, -0.25) is 9.59 Å². The molecule has 1 aromatic rings. The van der Waals surface area contributed by atoms with Crippen molar-refractivity contribution >= 4 is 11.9 Å². The highest BCUT2D eigenvalue weighted by Gasteiger charge is 2.21. The van der Waals surface area contributed by atoms with Crippen molar-refractivity contribution in [3.05, 3.63) is 35.9 Å². The van der Waals surface area contributed by atoms with E-state index in [9.17, 15) is 14.7 Å². The number of rotatable bonds is 19. The number of benzene rings is 1. The van der Waals surface area contributed by atoms with Crippen LogP contribution in [-0.2, 0) is 25.7 Å². The average molecular weight is 449 g/mol. The number of carbonyl (C=O) groups excluding carboxylic acids is 2. The Morgan fingerprint density at radius 3 is 2.00 bits per heavy atom. The second-order valence-electron chi connectivity index (χ2n) is 8.73. The van der Waals surface area contributed by atoms with Crippen LogP contribution in [0.3, 0.4) is 0 Å². The molecule has 1 rings (SSSR count). The van der Waals surface area contributed by atoms with Crippen LogP contribution in [0.5, 0.6) is 0 Å². The van der Waals surface area contributed by atoms with E-state index in [0.29, 0.717) is 12.8 Å². The van der Waals surface area contributed by atoms with Gasteiger partial charge in [-0.1, -0.05) is 102 Å². The van der Waals surface area contributed by atoms with Crippen LogP contribution in [0.15, 0.2) is 30.3 Å². The fourth-order valence-electron chi connectivity index (χ4n) is 3.67. The van der Waals surface area contributed by atoms with Gasteiger partial charge in [0.1, 0.15) is 12.7 Å². The van der Waals surface area contributed by atoms with E-state index < -0.39 is 18.2 Å². The van der Waals surface area contributed by atoms with Crippen molar-refractivity contribution in [1.82, 2.24) is 0 Å². The first-order chi connectivity index (χ1) is 15.5. The van der Waals surface area contributed by atoms with E-state index in [1.807, 2.05) is 30.3 Å². The Morgan fingerprint density at radius 1 is 0.781 bits per heavy atom. The number of ether oxygens (including phenoxy) is 2. The first kappa shape index (κ1) is 28.2. The molecule has 0 aliphatic carbocycles. The van der Waals surface area contributed by atoms with Gasteiger partial charge in [0.25, 0.3) is 0 Å². The third-order valence-corrected chi connectivity index (χ3v) is 5.61. The maximum absolute atomic E-state index is 12.4. The van der Waals surface area contributed by atoms with Crippen LogP contribution < -0.4 is 0 Å². The van der Waals surface area contributed by atoms with E-state index in [0.717, 1.165) is 37.7 Å². The maximum Gasteiger partial charge on any atom is 0.309 e. The highest BCUT2D eigenvalue weighted by Crippen LogP contribution is 2.16. The molecular weight excluding hydrogens is 404 g/mol. The highest BCUT2D eigenvalue weighted by molar-refractivity contribution is 5.72. The van der Waals surface area contributed by atoms with Crippen LogP contribution in [0.4, 0.5) is 0 Å². The molecule has 5 heteroatoms. The first-order valence-corrected chi connectivity index (χ1v) is 12.6. The van der Waals surface area contributed by atoms with Crippen molar-refractivity contribution in [1.29, 1.82) is 0 Å². The Bertz CT molecular complexity index is 601. The Balaban J connectivity index is 2.43. The molecule has 0 fully saturated rings. The molecule has 0 saturated heterocycles. The zero-order valence-corrected chi connectivity index (χ0v) is 20.2. The van der Waals surface area contributed by atoms with E-state index >= 15 is 0 Å². The number of carbonyl (C=O) groups is 2. The lowest BCUT2D eigenvalue weighted by molar-refractivity contribution is -0.157. The van der Waals surface area contributed by atoms with E-state index in [1.165, 1.54) is 32.1 Å². The Labute approximate surface area is 194 Å². The summed E-state index contributed by atoms with van der Waals surface area (Å²) in [5, 5.41) is 10.2. The van der Waals surface area contributed by atoms with Crippen molar-refractivity contribution in [2.75, 3.05) is 0 Å². The summed E-state index contributed by atoms with van der Waals surface area (Å²) in [6.07, 6.45) is 11.1. The van der Waals surface area contributed by atoms with Crippen molar-refractivity contribution in [3.8, 4) is 0 Å². The van der Waals surface area contributed by atoms with Gasteiger partial charge in [-0.25, -0.2) is 0 Å². The summed E-state index contributed by atoms with van der Waals surface area (Å²) in [7, 11) is 0. The molecular formula is C27H44O5. The van der Waals surface area contributed by atoms with Gasteiger partial charge in [-0.2, -0.15) is 0 Å². The fraction of sp³-hybridized carbons (Fsp3) is 0.704. The van der Waals surface area contributed by atoms with Crippen LogP contribution in [0.2, 0.25) is 0 Å². The lowest BCUT2D eigenvalue weighted by Gasteiger charge is -2.19. The van der Waals surface area contributed by atoms with E-state index in [4.69, 9.17) is 9.47 Å². The van der Waals surface area contributed by atoms with Crippen LogP contribution >= 0.6 is 0 Å². The van der Waals surface area contributed by atoms with Crippen molar-refractivity contribution in [2.24, 2.45) is 0 Å². The molecule has 0 radical (unpaired) electrons. The molecule has 0 bridgehead atoms. The number of hydrogen-bond acceptors (Lipinski definition) is 5. The lowest BCUT2D eigenvalue weighted by atomic mass is 10.1. The zero-order valence-electron chi connectivity index (χ0n) is 20.2. The lowest BCUT2D eigenvalue weighted by Crippen LogP contribution is -2.25. The summed E-state index contributed by atoms with van der Waals surface area (Å²) in [5.41, 5.74) is 0.927. The van der Waals surface area contributed by atoms with Crippen LogP contribution in [-0.4, -0.2) is 29.3 Å². The molecule has 0 unspecified atom stereocenters. The number of esters is 2. The summed E-state index contributed by atoms with van der Waals surface area (Å²) in [4.78, 5) is 24.7. The first-order valence-electron chi connectivity index (χ1n) is 12.6. The Hall–Kier alpha value is -1.88.